The van der Waals surface area contributed by atoms with E-state index in [0.29, 0.717) is 18.4 Å². The molecule has 1 amide bonds. The lowest BCUT2D eigenvalue weighted by atomic mass is 9.74. The van der Waals surface area contributed by atoms with Gasteiger partial charge in [-0.3, -0.25) is 4.79 Å². The average Bonchev–Trinajstić information content (AvgIpc) is 2.95. The van der Waals surface area contributed by atoms with Crippen LogP contribution in [-0.4, -0.2) is 40.4 Å². The Morgan fingerprint density at radius 2 is 2.22 bits per heavy atom. The fourth-order valence-electron chi connectivity index (χ4n) is 5.51. The number of ether oxygens (including phenoxy) is 1. The molecule has 0 spiro atoms. The third-order valence-electron chi connectivity index (χ3n) is 5.97. The van der Waals surface area contributed by atoms with Gasteiger partial charge in [0.2, 0.25) is 5.91 Å². The summed E-state index contributed by atoms with van der Waals surface area (Å²) in [5.41, 5.74) is -0.432. The number of aliphatic hydroxyl groups excluding tert-OH is 1. The summed E-state index contributed by atoms with van der Waals surface area (Å²) < 4.78 is 6.32. The lowest BCUT2D eigenvalue weighted by molar-refractivity contribution is -0.191. The van der Waals surface area contributed by atoms with Crippen LogP contribution in [-0.2, 0) is 9.53 Å². The number of aliphatic hydroxyl groups is 1. The Kier molecular flexibility index (Phi) is 1.93. The summed E-state index contributed by atoms with van der Waals surface area (Å²) in [6.07, 6.45) is 0.541. The first kappa shape index (κ1) is 11.2. The molecule has 100 valence electrons. The first-order chi connectivity index (χ1) is 8.54. The standard InChI is InChI=1S/C14H21NO3/c1-4-15-13(17)9-7-5-8-10(9)14(15,6(2)3)18-12(8)11(7)16/h6-12,16H,4-5H2,1-3H3/t7-,8-,9-,10-,11+,12+,14-/m1/s1. The normalized spacial score (nSPS) is 56.3. The fourth-order valence-corrected chi connectivity index (χ4v) is 5.51. The summed E-state index contributed by atoms with van der Waals surface area (Å²) in [5, 5.41) is 10.3. The molecule has 4 nitrogen and oxygen atoms in total. The second-order valence-electron chi connectivity index (χ2n) is 6.68. The zero-order valence-electron chi connectivity index (χ0n) is 11.2. The van der Waals surface area contributed by atoms with Gasteiger partial charge in [0.1, 0.15) is 5.72 Å². The zero-order valence-corrected chi connectivity index (χ0v) is 11.2. The highest BCUT2D eigenvalue weighted by Gasteiger charge is 2.78. The molecular weight excluding hydrogens is 230 g/mol. The molecular formula is C14H21NO3. The predicted molar refractivity (Wildman–Crippen MR) is 64.4 cm³/mol. The maximum Gasteiger partial charge on any atom is 0.228 e. The van der Waals surface area contributed by atoms with Crippen molar-refractivity contribution in [3.05, 3.63) is 0 Å². The van der Waals surface area contributed by atoms with E-state index in [4.69, 9.17) is 4.74 Å². The van der Waals surface area contributed by atoms with Crippen molar-refractivity contribution < 1.29 is 14.6 Å². The van der Waals surface area contributed by atoms with Crippen molar-refractivity contribution in [3.63, 3.8) is 0 Å². The first-order valence-electron chi connectivity index (χ1n) is 7.21. The molecule has 0 aromatic carbocycles. The number of amides is 1. The lowest BCUT2D eigenvalue weighted by Gasteiger charge is -2.41. The van der Waals surface area contributed by atoms with E-state index in [1.54, 1.807) is 0 Å². The van der Waals surface area contributed by atoms with Crippen molar-refractivity contribution in [2.24, 2.45) is 29.6 Å². The van der Waals surface area contributed by atoms with Crippen molar-refractivity contribution >= 4 is 5.91 Å². The Morgan fingerprint density at radius 3 is 2.83 bits per heavy atom. The molecule has 0 aromatic rings. The van der Waals surface area contributed by atoms with Crippen molar-refractivity contribution in [3.8, 4) is 0 Å². The number of carbonyl (C=O) groups is 1. The Bertz CT molecular complexity index is 423. The molecule has 2 aliphatic carbocycles. The molecule has 18 heavy (non-hydrogen) atoms. The first-order valence-corrected chi connectivity index (χ1v) is 7.21. The number of likely N-dealkylation sites (tertiary alicyclic amines) is 1. The molecule has 1 N–H and O–H groups in total. The lowest BCUT2D eigenvalue weighted by Crippen LogP contribution is -2.54. The van der Waals surface area contributed by atoms with Gasteiger partial charge >= 0.3 is 0 Å². The van der Waals surface area contributed by atoms with Crippen LogP contribution in [0.1, 0.15) is 27.2 Å². The van der Waals surface area contributed by atoms with Crippen LogP contribution < -0.4 is 0 Å². The third kappa shape index (κ3) is 0.874. The molecule has 0 radical (unpaired) electrons. The van der Waals surface area contributed by atoms with Crippen LogP contribution in [0.2, 0.25) is 0 Å². The summed E-state index contributed by atoms with van der Waals surface area (Å²) in [6.45, 7) is 7.03. The molecule has 2 bridgehead atoms. The highest BCUT2D eigenvalue weighted by Crippen LogP contribution is 2.68. The van der Waals surface area contributed by atoms with E-state index in [9.17, 15) is 9.90 Å². The van der Waals surface area contributed by atoms with Crippen LogP contribution in [0.3, 0.4) is 0 Å². The molecule has 4 aliphatic rings. The molecule has 4 fully saturated rings. The van der Waals surface area contributed by atoms with Gasteiger partial charge in [-0.25, -0.2) is 0 Å². The van der Waals surface area contributed by atoms with Crippen molar-refractivity contribution in [1.29, 1.82) is 0 Å². The van der Waals surface area contributed by atoms with E-state index in [1.165, 1.54) is 0 Å². The number of fused-ring (bicyclic) bond motifs is 2. The molecule has 0 aromatic heterocycles. The average molecular weight is 251 g/mol. The van der Waals surface area contributed by atoms with Crippen molar-refractivity contribution in [2.45, 2.75) is 45.1 Å². The number of hydrogen-bond acceptors (Lipinski definition) is 3. The molecule has 4 rings (SSSR count). The summed E-state index contributed by atoms with van der Waals surface area (Å²) >= 11 is 0. The number of carbonyl (C=O) groups excluding carboxylic acids is 1. The van der Waals surface area contributed by atoms with E-state index in [2.05, 4.69) is 13.8 Å². The van der Waals surface area contributed by atoms with Gasteiger partial charge in [0, 0.05) is 18.4 Å². The molecule has 7 atom stereocenters. The van der Waals surface area contributed by atoms with Gasteiger partial charge in [0.15, 0.2) is 0 Å². The smallest absolute Gasteiger partial charge is 0.228 e. The maximum atomic E-state index is 12.6. The molecule has 2 saturated heterocycles. The number of rotatable bonds is 2. The molecule has 0 unspecified atom stereocenters. The van der Waals surface area contributed by atoms with Crippen LogP contribution in [0.15, 0.2) is 0 Å². The maximum absolute atomic E-state index is 12.6. The Morgan fingerprint density at radius 1 is 1.50 bits per heavy atom. The third-order valence-corrected chi connectivity index (χ3v) is 5.97. The van der Waals surface area contributed by atoms with Gasteiger partial charge in [-0.15, -0.1) is 0 Å². The zero-order chi connectivity index (χ0) is 12.8. The fraction of sp³-hybridized carbons (Fsp3) is 0.929. The van der Waals surface area contributed by atoms with E-state index >= 15 is 0 Å². The largest absolute Gasteiger partial charge is 0.390 e. The van der Waals surface area contributed by atoms with Gasteiger partial charge in [-0.1, -0.05) is 13.8 Å². The van der Waals surface area contributed by atoms with Crippen LogP contribution in [0, 0.1) is 29.6 Å². The monoisotopic (exact) mass is 251 g/mol. The topological polar surface area (TPSA) is 49.8 Å². The van der Waals surface area contributed by atoms with E-state index < -0.39 is 11.8 Å². The molecule has 4 heteroatoms. The Hall–Kier alpha value is -0.610. The van der Waals surface area contributed by atoms with Crippen molar-refractivity contribution in [2.75, 3.05) is 6.54 Å². The van der Waals surface area contributed by atoms with Crippen LogP contribution >= 0.6 is 0 Å². The number of nitrogens with zero attached hydrogens (tertiary/aromatic N) is 1. The highest BCUT2D eigenvalue weighted by atomic mass is 16.6. The minimum atomic E-state index is -0.432. The summed E-state index contributed by atoms with van der Waals surface area (Å²) in [5.74, 6) is 1.40. The summed E-state index contributed by atoms with van der Waals surface area (Å²) in [6, 6.07) is 0. The van der Waals surface area contributed by atoms with Crippen LogP contribution in [0.25, 0.3) is 0 Å². The van der Waals surface area contributed by atoms with Gasteiger partial charge in [-0.2, -0.15) is 0 Å². The second kappa shape index (κ2) is 3.10. The van der Waals surface area contributed by atoms with Crippen LogP contribution in [0.5, 0.6) is 0 Å². The van der Waals surface area contributed by atoms with E-state index in [0.717, 1.165) is 6.42 Å². The minimum Gasteiger partial charge on any atom is -0.390 e. The summed E-state index contributed by atoms with van der Waals surface area (Å²) in [4.78, 5) is 14.6. The predicted octanol–water partition coefficient (Wildman–Crippen LogP) is 0.843. The Labute approximate surface area is 107 Å². The molecule has 2 saturated carbocycles. The SMILES string of the molecule is CCN1C(=O)[C@@H]2[C@H]3C[C@H]4[C@H](O[C@]1(C(C)C)[C@H]42)[C@H]3O. The molecule has 2 heterocycles. The highest BCUT2D eigenvalue weighted by molar-refractivity contribution is 5.84. The van der Waals surface area contributed by atoms with E-state index in [1.807, 2.05) is 11.8 Å². The van der Waals surface area contributed by atoms with Crippen molar-refractivity contribution in [1.82, 2.24) is 4.90 Å². The van der Waals surface area contributed by atoms with Gasteiger partial charge in [-0.05, 0) is 25.2 Å². The Balaban J connectivity index is 1.89. The van der Waals surface area contributed by atoms with Gasteiger partial charge in [0.05, 0.1) is 18.1 Å². The second-order valence-corrected chi connectivity index (χ2v) is 6.68. The van der Waals surface area contributed by atoms with E-state index in [-0.39, 0.29) is 29.8 Å². The minimum absolute atomic E-state index is 0.0195. The van der Waals surface area contributed by atoms with Crippen LogP contribution in [0.4, 0.5) is 0 Å². The summed E-state index contributed by atoms with van der Waals surface area (Å²) in [7, 11) is 0. The van der Waals surface area contributed by atoms with Gasteiger partial charge in [0.25, 0.3) is 0 Å². The molecule has 2 aliphatic heterocycles. The van der Waals surface area contributed by atoms with Gasteiger partial charge < -0.3 is 14.7 Å². The number of hydrogen-bond donors (Lipinski definition) is 1. The quantitative estimate of drug-likeness (QED) is 0.791.